The van der Waals surface area contributed by atoms with Gasteiger partial charge in [0.2, 0.25) is 0 Å². The number of aliphatic carboxylic acids is 1. The third kappa shape index (κ3) is 2.35. The summed E-state index contributed by atoms with van der Waals surface area (Å²) in [7, 11) is 2.00. The summed E-state index contributed by atoms with van der Waals surface area (Å²) in [4.78, 5) is 13.1. The minimum atomic E-state index is -0.676. The molecule has 0 aliphatic heterocycles. The molecule has 0 amide bonds. The molecule has 0 radical (unpaired) electrons. The average Bonchev–Trinajstić information content (AvgIpc) is 3.08. The van der Waals surface area contributed by atoms with Gasteiger partial charge in [0.15, 0.2) is 0 Å². The fourth-order valence-electron chi connectivity index (χ4n) is 2.42. The lowest BCUT2D eigenvalue weighted by Gasteiger charge is -2.23. The zero-order valence-corrected chi connectivity index (χ0v) is 11.5. The van der Waals surface area contributed by atoms with E-state index in [1.165, 1.54) is 11.1 Å². The van der Waals surface area contributed by atoms with E-state index in [1.807, 2.05) is 7.05 Å². The van der Waals surface area contributed by atoms with E-state index in [0.717, 1.165) is 12.1 Å². The minimum Gasteiger partial charge on any atom is -0.481 e. The van der Waals surface area contributed by atoms with Crippen molar-refractivity contribution in [2.24, 2.45) is 5.92 Å². The average molecular weight is 247 g/mol. The number of benzene rings is 1. The van der Waals surface area contributed by atoms with E-state index in [0.29, 0.717) is 5.92 Å². The highest BCUT2D eigenvalue weighted by Crippen LogP contribution is 2.39. The molecule has 1 saturated carbocycles. The summed E-state index contributed by atoms with van der Waals surface area (Å²) in [5, 5.41) is 9.00. The maximum atomic E-state index is 10.9. The van der Waals surface area contributed by atoms with Crippen molar-refractivity contribution in [3.05, 3.63) is 29.3 Å². The number of carbonyl (C=O) groups is 1. The number of aryl methyl sites for hydroxylation is 1. The molecule has 1 aliphatic rings. The summed E-state index contributed by atoms with van der Waals surface area (Å²) in [5.41, 5.74) is 3.67. The second-order valence-electron chi connectivity index (χ2n) is 5.56. The molecular formula is C15H21NO2. The lowest BCUT2D eigenvalue weighted by molar-refractivity contribution is -0.138. The smallest absolute Gasteiger partial charge is 0.308 e. The van der Waals surface area contributed by atoms with Gasteiger partial charge in [-0.3, -0.25) is 4.79 Å². The summed E-state index contributed by atoms with van der Waals surface area (Å²) >= 11 is 0. The van der Waals surface area contributed by atoms with Gasteiger partial charge in [-0.1, -0.05) is 26.0 Å². The van der Waals surface area contributed by atoms with Crippen LogP contribution in [0.3, 0.4) is 0 Å². The van der Waals surface area contributed by atoms with Gasteiger partial charge in [-0.15, -0.1) is 0 Å². The van der Waals surface area contributed by atoms with Crippen LogP contribution in [0.15, 0.2) is 18.2 Å². The molecule has 3 nitrogen and oxygen atoms in total. The van der Waals surface area contributed by atoms with E-state index >= 15 is 0 Å². The van der Waals surface area contributed by atoms with Crippen LogP contribution >= 0.6 is 0 Å². The van der Waals surface area contributed by atoms with E-state index in [-0.39, 0.29) is 12.0 Å². The first kappa shape index (κ1) is 12.9. The Hall–Kier alpha value is -1.51. The van der Waals surface area contributed by atoms with Crippen LogP contribution in [0.25, 0.3) is 0 Å². The number of nitrogens with zero attached hydrogens (tertiary/aromatic N) is 1. The minimum absolute atomic E-state index is 0.156. The molecule has 1 fully saturated rings. The molecule has 0 heterocycles. The maximum absolute atomic E-state index is 10.9. The summed E-state index contributed by atoms with van der Waals surface area (Å²) in [6.45, 7) is 6.42. The zero-order chi connectivity index (χ0) is 13.4. The van der Waals surface area contributed by atoms with Crippen LogP contribution in [0.2, 0.25) is 0 Å². The molecule has 2 rings (SSSR count). The summed E-state index contributed by atoms with van der Waals surface area (Å²) < 4.78 is 0. The molecule has 98 valence electrons. The zero-order valence-electron chi connectivity index (χ0n) is 11.5. The van der Waals surface area contributed by atoms with E-state index in [9.17, 15) is 4.79 Å². The van der Waals surface area contributed by atoms with Gasteiger partial charge in [0.1, 0.15) is 0 Å². The van der Waals surface area contributed by atoms with Crippen molar-refractivity contribution in [3.8, 4) is 0 Å². The first-order valence-corrected chi connectivity index (χ1v) is 6.48. The highest BCUT2D eigenvalue weighted by Gasteiger charge is 2.46. The summed E-state index contributed by atoms with van der Waals surface area (Å²) in [5.74, 6) is -0.381. The Kier molecular flexibility index (Phi) is 3.33. The number of anilines is 1. The van der Waals surface area contributed by atoms with Crippen molar-refractivity contribution in [1.29, 1.82) is 0 Å². The fourth-order valence-corrected chi connectivity index (χ4v) is 2.42. The Balaban J connectivity index is 2.22. The van der Waals surface area contributed by atoms with Crippen molar-refractivity contribution in [2.75, 3.05) is 11.9 Å². The molecule has 0 spiro atoms. The fraction of sp³-hybridized carbons (Fsp3) is 0.533. The first-order valence-electron chi connectivity index (χ1n) is 6.48. The Labute approximate surface area is 108 Å². The van der Waals surface area contributed by atoms with Crippen LogP contribution < -0.4 is 4.90 Å². The molecule has 0 saturated heterocycles. The van der Waals surface area contributed by atoms with Gasteiger partial charge in [-0.25, -0.2) is 0 Å². The lowest BCUT2D eigenvalue weighted by Crippen LogP contribution is -2.24. The quantitative estimate of drug-likeness (QED) is 0.889. The van der Waals surface area contributed by atoms with Crippen molar-refractivity contribution >= 4 is 11.7 Å². The Morgan fingerprint density at radius 3 is 2.61 bits per heavy atom. The summed E-state index contributed by atoms with van der Waals surface area (Å²) in [6, 6.07) is 6.62. The van der Waals surface area contributed by atoms with Gasteiger partial charge >= 0.3 is 5.97 Å². The van der Waals surface area contributed by atoms with Crippen LogP contribution in [0.4, 0.5) is 5.69 Å². The second kappa shape index (κ2) is 4.63. The predicted octanol–water partition coefficient (Wildman–Crippen LogP) is 3.03. The van der Waals surface area contributed by atoms with Gasteiger partial charge in [-0.2, -0.15) is 0 Å². The number of hydrogen-bond donors (Lipinski definition) is 1. The Bertz CT molecular complexity index is 468. The molecule has 0 bridgehead atoms. The monoisotopic (exact) mass is 247 g/mol. The van der Waals surface area contributed by atoms with Crippen LogP contribution in [-0.2, 0) is 4.79 Å². The standard InChI is InChI=1S/C15H21NO2/c1-9(2)11-6-5-10(3)13(7-11)16(4)14-8-12(14)15(17)18/h5-7,9,12,14H,8H2,1-4H3,(H,17,18). The van der Waals surface area contributed by atoms with Crippen molar-refractivity contribution < 1.29 is 9.90 Å². The van der Waals surface area contributed by atoms with E-state index in [2.05, 4.69) is 43.9 Å². The molecule has 2 unspecified atom stereocenters. The molecule has 1 aliphatic carbocycles. The molecular weight excluding hydrogens is 226 g/mol. The second-order valence-corrected chi connectivity index (χ2v) is 5.56. The van der Waals surface area contributed by atoms with Crippen LogP contribution in [0.5, 0.6) is 0 Å². The van der Waals surface area contributed by atoms with Gasteiger partial charge in [-0.05, 0) is 36.5 Å². The Morgan fingerprint density at radius 2 is 2.11 bits per heavy atom. The highest BCUT2D eigenvalue weighted by molar-refractivity contribution is 5.76. The number of hydrogen-bond acceptors (Lipinski definition) is 2. The van der Waals surface area contributed by atoms with Crippen LogP contribution in [-0.4, -0.2) is 24.2 Å². The molecule has 2 atom stereocenters. The SMILES string of the molecule is Cc1ccc(C(C)C)cc1N(C)C1CC1C(=O)O. The largest absolute Gasteiger partial charge is 0.481 e. The van der Waals surface area contributed by atoms with Crippen molar-refractivity contribution in [2.45, 2.75) is 39.2 Å². The third-order valence-electron chi connectivity index (χ3n) is 3.85. The molecule has 0 aromatic heterocycles. The maximum Gasteiger partial charge on any atom is 0.308 e. The van der Waals surface area contributed by atoms with E-state index in [4.69, 9.17) is 5.11 Å². The van der Waals surface area contributed by atoms with E-state index in [1.54, 1.807) is 0 Å². The predicted molar refractivity (Wildman–Crippen MR) is 73.2 cm³/mol. The third-order valence-corrected chi connectivity index (χ3v) is 3.85. The first-order chi connectivity index (χ1) is 8.41. The lowest BCUT2D eigenvalue weighted by atomic mass is 10.00. The topological polar surface area (TPSA) is 40.5 Å². The molecule has 1 N–H and O–H groups in total. The van der Waals surface area contributed by atoms with Crippen molar-refractivity contribution in [3.63, 3.8) is 0 Å². The highest BCUT2D eigenvalue weighted by atomic mass is 16.4. The van der Waals surface area contributed by atoms with Gasteiger partial charge in [0, 0.05) is 18.8 Å². The number of carboxylic acid groups (broad SMARTS) is 1. The van der Waals surface area contributed by atoms with Crippen LogP contribution in [0, 0.1) is 12.8 Å². The van der Waals surface area contributed by atoms with Crippen LogP contribution in [0.1, 0.15) is 37.3 Å². The number of rotatable bonds is 4. The molecule has 1 aromatic carbocycles. The normalized spacial score (nSPS) is 22.1. The molecule has 1 aromatic rings. The van der Waals surface area contributed by atoms with Crippen molar-refractivity contribution in [1.82, 2.24) is 0 Å². The summed E-state index contributed by atoms with van der Waals surface area (Å²) in [6.07, 6.45) is 0.761. The molecule has 3 heteroatoms. The number of carboxylic acids is 1. The molecule has 18 heavy (non-hydrogen) atoms. The van der Waals surface area contributed by atoms with Gasteiger partial charge < -0.3 is 10.0 Å². The van der Waals surface area contributed by atoms with E-state index < -0.39 is 5.97 Å². The van der Waals surface area contributed by atoms with Gasteiger partial charge in [0.05, 0.1) is 5.92 Å². The Morgan fingerprint density at radius 1 is 1.44 bits per heavy atom. The van der Waals surface area contributed by atoms with Gasteiger partial charge in [0.25, 0.3) is 0 Å².